The van der Waals surface area contributed by atoms with E-state index in [9.17, 15) is 14.0 Å². The molecule has 1 aromatic carbocycles. The first-order chi connectivity index (χ1) is 11.6. The largest absolute Gasteiger partial charge is 0.484 e. The molecule has 3 aromatic rings. The lowest BCUT2D eigenvalue weighted by Crippen LogP contribution is -2.33. The van der Waals surface area contributed by atoms with Gasteiger partial charge >= 0.3 is 0 Å². The van der Waals surface area contributed by atoms with Gasteiger partial charge in [0.2, 0.25) is 0 Å². The Kier molecular flexibility index (Phi) is 4.60. The highest BCUT2D eigenvalue weighted by molar-refractivity contribution is 5.77. The zero-order valence-corrected chi connectivity index (χ0v) is 12.7. The minimum Gasteiger partial charge on any atom is -0.484 e. The number of pyridine rings is 1. The quantitative estimate of drug-likeness (QED) is 0.749. The van der Waals surface area contributed by atoms with Crippen molar-refractivity contribution in [2.45, 2.75) is 6.54 Å². The van der Waals surface area contributed by atoms with E-state index in [0.717, 1.165) is 5.39 Å². The Bertz CT molecular complexity index is 899. The molecule has 124 valence electrons. The number of nitrogens with zero attached hydrogens (tertiary/aromatic N) is 1. The van der Waals surface area contributed by atoms with E-state index in [0.29, 0.717) is 17.9 Å². The van der Waals surface area contributed by atoms with Gasteiger partial charge < -0.3 is 19.0 Å². The molecule has 0 radical (unpaired) electrons. The van der Waals surface area contributed by atoms with E-state index in [2.05, 4.69) is 5.32 Å². The molecule has 0 spiro atoms. The summed E-state index contributed by atoms with van der Waals surface area (Å²) in [5.74, 6) is -0.289. The fraction of sp³-hybridized carbons (Fsp3) is 0.176. The Hall–Kier alpha value is -3.09. The first-order valence-electron chi connectivity index (χ1n) is 7.35. The summed E-state index contributed by atoms with van der Waals surface area (Å²) in [5, 5.41) is 3.40. The van der Waals surface area contributed by atoms with Crippen LogP contribution in [0.25, 0.3) is 11.0 Å². The van der Waals surface area contributed by atoms with Crippen LogP contribution in [0.3, 0.4) is 0 Å². The summed E-state index contributed by atoms with van der Waals surface area (Å²) in [6.07, 6.45) is 3.12. The second-order valence-electron chi connectivity index (χ2n) is 5.11. The van der Waals surface area contributed by atoms with Gasteiger partial charge in [0.25, 0.3) is 11.5 Å². The van der Waals surface area contributed by atoms with Crippen LogP contribution in [0.5, 0.6) is 5.75 Å². The maximum atomic E-state index is 12.8. The van der Waals surface area contributed by atoms with E-state index < -0.39 is 0 Å². The molecule has 1 amide bonds. The number of amides is 1. The van der Waals surface area contributed by atoms with E-state index in [4.69, 9.17) is 9.15 Å². The van der Waals surface area contributed by atoms with Crippen molar-refractivity contribution < 1.29 is 18.3 Å². The molecule has 2 heterocycles. The van der Waals surface area contributed by atoms with Gasteiger partial charge in [-0.15, -0.1) is 0 Å². The number of hydrogen-bond acceptors (Lipinski definition) is 4. The summed E-state index contributed by atoms with van der Waals surface area (Å²) in [4.78, 5) is 23.8. The Morgan fingerprint density at radius 3 is 2.79 bits per heavy atom. The molecule has 2 aromatic heterocycles. The van der Waals surface area contributed by atoms with Crippen molar-refractivity contribution in [2.24, 2.45) is 0 Å². The first-order valence-corrected chi connectivity index (χ1v) is 7.35. The highest BCUT2D eigenvalue weighted by Gasteiger charge is 2.06. The number of carbonyl (C=O) groups excluding carboxylic acids is 1. The molecule has 0 saturated carbocycles. The van der Waals surface area contributed by atoms with Crippen molar-refractivity contribution in [1.82, 2.24) is 9.88 Å². The topological polar surface area (TPSA) is 73.5 Å². The molecule has 0 bridgehead atoms. The zero-order valence-electron chi connectivity index (χ0n) is 12.7. The predicted molar refractivity (Wildman–Crippen MR) is 85.4 cm³/mol. The third kappa shape index (κ3) is 3.62. The maximum Gasteiger partial charge on any atom is 0.294 e. The molecule has 0 fully saturated rings. The van der Waals surface area contributed by atoms with E-state index >= 15 is 0 Å². The molecule has 24 heavy (non-hydrogen) atoms. The van der Waals surface area contributed by atoms with E-state index in [-0.39, 0.29) is 30.4 Å². The van der Waals surface area contributed by atoms with Crippen molar-refractivity contribution in [2.75, 3.05) is 13.2 Å². The van der Waals surface area contributed by atoms with E-state index in [1.165, 1.54) is 35.1 Å². The lowest BCUT2D eigenvalue weighted by Gasteiger charge is -2.09. The molecular weight excluding hydrogens is 315 g/mol. The van der Waals surface area contributed by atoms with Gasteiger partial charge in [0.05, 0.1) is 6.26 Å². The number of benzene rings is 1. The van der Waals surface area contributed by atoms with Gasteiger partial charge in [-0.25, -0.2) is 4.39 Å². The van der Waals surface area contributed by atoms with Gasteiger partial charge in [0, 0.05) is 24.7 Å². The number of furan rings is 1. The number of halogens is 1. The van der Waals surface area contributed by atoms with Gasteiger partial charge in [-0.1, -0.05) is 0 Å². The third-order valence-corrected chi connectivity index (χ3v) is 3.44. The lowest BCUT2D eigenvalue weighted by molar-refractivity contribution is -0.123. The summed E-state index contributed by atoms with van der Waals surface area (Å²) in [6.45, 7) is 0.410. The van der Waals surface area contributed by atoms with Crippen molar-refractivity contribution >= 4 is 16.9 Å². The molecule has 7 heteroatoms. The van der Waals surface area contributed by atoms with Gasteiger partial charge in [-0.2, -0.15) is 0 Å². The predicted octanol–water partition coefficient (Wildman–Crippen LogP) is 1.93. The molecular formula is C17H15FN2O4. The Morgan fingerprint density at radius 1 is 1.21 bits per heavy atom. The van der Waals surface area contributed by atoms with Crippen LogP contribution in [-0.4, -0.2) is 23.6 Å². The number of hydrogen-bond donors (Lipinski definition) is 1. The summed E-state index contributed by atoms with van der Waals surface area (Å²) in [5.41, 5.74) is 0.0535. The average Bonchev–Trinajstić information content (AvgIpc) is 3.06. The fourth-order valence-electron chi connectivity index (χ4n) is 2.22. The number of carbonyl (C=O) groups is 1. The van der Waals surface area contributed by atoms with Crippen molar-refractivity contribution in [3.8, 4) is 5.75 Å². The molecule has 0 saturated heterocycles. The van der Waals surface area contributed by atoms with Crippen molar-refractivity contribution in [3.05, 3.63) is 65.0 Å². The minimum absolute atomic E-state index is 0.183. The Morgan fingerprint density at radius 2 is 2.00 bits per heavy atom. The summed E-state index contributed by atoms with van der Waals surface area (Å²) in [6, 6.07) is 8.89. The second kappa shape index (κ2) is 6.99. The molecule has 6 nitrogen and oxygen atoms in total. The summed E-state index contributed by atoms with van der Waals surface area (Å²) >= 11 is 0. The zero-order chi connectivity index (χ0) is 16.9. The van der Waals surface area contributed by atoms with E-state index in [1.54, 1.807) is 18.3 Å². The Labute approximate surface area is 136 Å². The van der Waals surface area contributed by atoms with Crippen LogP contribution in [-0.2, 0) is 11.3 Å². The van der Waals surface area contributed by atoms with Gasteiger partial charge in [0.1, 0.15) is 11.6 Å². The summed E-state index contributed by atoms with van der Waals surface area (Å²) < 4.78 is 24.6. The van der Waals surface area contributed by atoms with Crippen molar-refractivity contribution in [1.29, 1.82) is 0 Å². The van der Waals surface area contributed by atoms with Crippen LogP contribution in [0.4, 0.5) is 4.39 Å². The number of nitrogens with one attached hydrogen (secondary N) is 1. The average molecular weight is 330 g/mol. The SMILES string of the molecule is O=C(COc1ccc(F)cc1)NCCn1ccc2ccoc2c1=O. The van der Waals surface area contributed by atoms with Crippen LogP contribution in [0, 0.1) is 5.82 Å². The highest BCUT2D eigenvalue weighted by Crippen LogP contribution is 2.11. The molecule has 1 N–H and O–H groups in total. The molecule has 0 aliphatic rings. The van der Waals surface area contributed by atoms with Crippen LogP contribution in [0.1, 0.15) is 0 Å². The third-order valence-electron chi connectivity index (χ3n) is 3.44. The standard InChI is InChI=1S/C17H15FN2O4/c18-13-1-3-14(4-2-13)24-11-15(21)19-7-9-20-8-5-12-6-10-23-16(12)17(20)22/h1-6,8,10H,7,9,11H2,(H,19,21). The van der Waals surface area contributed by atoms with Gasteiger partial charge in [-0.05, 0) is 36.4 Å². The van der Waals surface area contributed by atoms with Crippen LogP contribution in [0.2, 0.25) is 0 Å². The highest BCUT2D eigenvalue weighted by atomic mass is 19.1. The second-order valence-corrected chi connectivity index (χ2v) is 5.11. The van der Waals surface area contributed by atoms with Gasteiger partial charge in [-0.3, -0.25) is 9.59 Å². The monoisotopic (exact) mass is 330 g/mol. The van der Waals surface area contributed by atoms with E-state index in [1.807, 2.05) is 0 Å². The Balaban J connectivity index is 1.48. The molecule has 0 unspecified atom stereocenters. The fourth-order valence-corrected chi connectivity index (χ4v) is 2.22. The normalized spacial score (nSPS) is 10.7. The van der Waals surface area contributed by atoms with Crippen LogP contribution < -0.4 is 15.6 Å². The maximum absolute atomic E-state index is 12.8. The molecule has 0 aliphatic carbocycles. The first kappa shape index (κ1) is 15.8. The number of ether oxygens (including phenoxy) is 1. The van der Waals surface area contributed by atoms with Gasteiger partial charge in [0.15, 0.2) is 12.2 Å². The molecule has 3 rings (SSSR count). The van der Waals surface area contributed by atoms with Crippen molar-refractivity contribution in [3.63, 3.8) is 0 Å². The molecule has 0 atom stereocenters. The number of fused-ring (bicyclic) bond motifs is 1. The summed E-state index contributed by atoms with van der Waals surface area (Å²) in [7, 11) is 0. The number of rotatable bonds is 6. The smallest absolute Gasteiger partial charge is 0.294 e. The van der Waals surface area contributed by atoms with Crippen LogP contribution >= 0.6 is 0 Å². The van der Waals surface area contributed by atoms with Crippen LogP contribution in [0.15, 0.2) is 58.1 Å². The minimum atomic E-state index is -0.370. The number of aromatic nitrogens is 1. The lowest BCUT2D eigenvalue weighted by atomic mass is 10.3. The molecule has 0 aliphatic heterocycles.